The fourth-order valence-electron chi connectivity index (χ4n) is 9.33. The number of halogens is 4. The Labute approximate surface area is 316 Å². The molecule has 0 N–H and O–H groups in total. The molecule has 0 heterocycles. The predicted octanol–water partition coefficient (Wildman–Crippen LogP) is 12.0. The third-order valence-corrected chi connectivity index (χ3v) is 12.2. The molecule has 6 nitrogen and oxygen atoms in total. The van der Waals surface area contributed by atoms with Gasteiger partial charge in [-0.25, -0.2) is 0 Å². The molecule has 7 rings (SSSR count). The summed E-state index contributed by atoms with van der Waals surface area (Å²) in [5.41, 5.74) is 0.841. The molecule has 0 saturated heterocycles. The molecule has 0 atom stereocenters. The highest BCUT2D eigenvalue weighted by atomic mass is 19.2. The van der Waals surface area contributed by atoms with Gasteiger partial charge in [-0.05, 0) is 99.9 Å². The summed E-state index contributed by atoms with van der Waals surface area (Å²) in [4.78, 5) is 31.8. The molecule has 10 heteroatoms. The zero-order chi connectivity index (χ0) is 37.6. The summed E-state index contributed by atoms with van der Waals surface area (Å²) in [6.07, 6.45) is 21.2. The monoisotopic (exact) mass is 748 g/mol. The van der Waals surface area contributed by atoms with E-state index < -0.39 is 34.8 Å². The molecule has 4 fully saturated rings. The van der Waals surface area contributed by atoms with Gasteiger partial charge in [0.25, 0.3) is 11.8 Å². The summed E-state index contributed by atoms with van der Waals surface area (Å²) in [6.45, 7) is 0. The Bertz CT molecular complexity index is 1550. The van der Waals surface area contributed by atoms with Crippen LogP contribution >= 0.6 is 0 Å². The number of nitrogens with zero attached hydrogens (tertiary/aromatic N) is 2. The molecule has 0 radical (unpaired) electrons. The van der Waals surface area contributed by atoms with Gasteiger partial charge in [-0.2, -0.15) is 17.6 Å². The van der Waals surface area contributed by atoms with Crippen LogP contribution in [0.5, 0.6) is 23.0 Å². The molecule has 3 aromatic carbocycles. The number of carbonyl (C=O) groups is 2. The van der Waals surface area contributed by atoms with Crippen molar-refractivity contribution in [1.29, 1.82) is 0 Å². The molecule has 4 aliphatic carbocycles. The largest absolute Gasteiger partial charge is 0.451 e. The summed E-state index contributed by atoms with van der Waals surface area (Å²) in [5.74, 6) is -9.88. The van der Waals surface area contributed by atoms with Crippen LogP contribution in [0.15, 0.2) is 48.5 Å². The van der Waals surface area contributed by atoms with Crippen molar-refractivity contribution in [2.24, 2.45) is 0 Å². The molecule has 4 saturated carbocycles. The van der Waals surface area contributed by atoms with Crippen LogP contribution in [0, 0.1) is 23.3 Å². The molecular weight excluding hydrogens is 696 g/mol. The Morgan fingerprint density at radius 3 is 0.889 bits per heavy atom. The van der Waals surface area contributed by atoms with E-state index in [2.05, 4.69) is 9.80 Å². The van der Waals surface area contributed by atoms with E-state index in [9.17, 15) is 9.59 Å². The molecule has 0 aromatic heterocycles. The molecule has 3 aromatic rings. The van der Waals surface area contributed by atoms with Crippen LogP contribution in [0.4, 0.5) is 17.6 Å². The average Bonchev–Trinajstić information content (AvgIpc) is 3.22. The minimum absolute atomic E-state index is 0.0838. The minimum Gasteiger partial charge on any atom is -0.451 e. The fraction of sp³-hybridized carbons (Fsp3) is 0.545. The fourth-order valence-corrected chi connectivity index (χ4v) is 9.33. The van der Waals surface area contributed by atoms with Crippen molar-refractivity contribution in [3.63, 3.8) is 0 Å². The maximum atomic E-state index is 15.3. The maximum Gasteiger partial charge on any atom is 0.254 e. The standard InChI is InChI=1S/C44H52F4N2O4/c45-37-39(47)42(54-36-27-23-30(24-28-36)44(52)50(33-17-9-3-10-18-33)34-19-11-4-12-20-34)40(48)38(46)41(37)53-35-25-21-29(22-26-35)43(51)49(31-13-5-1-6-14-31)32-15-7-2-8-16-32/h21-28,31-34H,1-20H2. The van der Waals surface area contributed by atoms with Gasteiger partial charge >= 0.3 is 0 Å². The molecular formula is C44H52F4N2O4. The van der Waals surface area contributed by atoms with Crippen molar-refractivity contribution in [3.8, 4) is 23.0 Å². The first-order valence-electron chi connectivity index (χ1n) is 20.4. The van der Waals surface area contributed by atoms with Gasteiger partial charge in [-0.1, -0.05) is 77.0 Å². The lowest BCUT2D eigenvalue weighted by molar-refractivity contribution is 0.0441. The Hall–Kier alpha value is -4.08. The first kappa shape index (κ1) is 38.2. The van der Waals surface area contributed by atoms with Crippen LogP contribution in [0.1, 0.15) is 149 Å². The minimum atomic E-state index is -1.76. The first-order chi connectivity index (χ1) is 26.3. The second-order valence-corrected chi connectivity index (χ2v) is 15.8. The normalized spacial score (nSPS) is 19.3. The Balaban J connectivity index is 1.04. The maximum absolute atomic E-state index is 15.3. The van der Waals surface area contributed by atoms with Crippen LogP contribution < -0.4 is 9.47 Å². The number of benzene rings is 3. The smallest absolute Gasteiger partial charge is 0.254 e. The van der Waals surface area contributed by atoms with Gasteiger partial charge in [0.15, 0.2) is 0 Å². The van der Waals surface area contributed by atoms with E-state index in [1.807, 2.05) is 0 Å². The Morgan fingerprint density at radius 2 is 0.648 bits per heavy atom. The first-order valence-corrected chi connectivity index (χ1v) is 20.4. The lowest BCUT2D eigenvalue weighted by Crippen LogP contribution is -2.48. The van der Waals surface area contributed by atoms with Crippen molar-refractivity contribution in [2.75, 3.05) is 0 Å². The molecule has 0 bridgehead atoms. The van der Waals surface area contributed by atoms with Crippen LogP contribution in [-0.2, 0) is 0 Å². The van der Waals surface area contributed by atoms with Crippen LogP contribution in [0.25, 0.3) is 0 Å². The SMILES string of the molecule is O=C(c1ccc(Oc2c(F)c(F)c(Oc3ccc(C(=O)N(C4CCCCC4)C4CCCCC4)cc3)c(F)c2F)cc1)N(C1CCCCC1)C1CCCCC1. The van der Waals surface area contributed by atoms with Gasteiger partial charge in [-0.15, -0.1) is 0 Å². The quantitative estimate of drug-likeness (QED) is 0.153. The zero-order valence-corrected chi connectivity index (χ0v) is 31.1. The van der Waals surface area contributed by atoms with E-state index in [0.717, 1.165) is 103 Å². The molecule has 0 aliphatic heterocycles. The van der Waals surface area contributed by atoms with Gasteiger partial charge in [0.05, 0.1) is 0 Å². The van der Waals surface area contributed by atoms with Gasteiger partial charge in [0.2, 0.25) is 34.8 Å². The second kappa shape index (κ2) is 17.6. The number of amides is 2. The van der Waals surface area contributed by atoms with E-state index in [4.69, 9.17) is 9.47 Å². The van der Waals surface area contributed by atoms with E-state index >= 15 is 17.6 Å². The van der Waals surface area contributed by atoms with Crippen molar-refractivity contribution < 1.29 is 36.6 Å². The topological polar surface area (TPSA) is 59.1 Å². The van der Waals surface area contributed by atoms with Crippen molar-refractivity contribution in [2.45, 2.75) is 153 Å². The van der Waals surface area contributed by atoms with Crippen molar-refractivity contribution >= 4 is 11.8 Å². The average molecular weight is 749 g/mol. The third-order valence-electron chi connectivity index (χ3n) is 12.2. The molecule has 54 heavy (non-hydrogen) atoms. The number of carbonyl (C=O) groups excluding carboxylic acids is 2. The lowest BCUT2D eigenvalue weighted by Gasteiger charge is -2.42. The highest BCUT2D eigenvalue weighted by Crippen LogP contribution is 2.40. The highest BCUT2D eigenvalue weighted by Gasteiger charge is 2.35. The van der Waals surface area contributed by atoms with Gasteiger partial charge < -0.3 is 19.3 Å². The van der Waals surface area contributed by atoms with Crippen molar-refractivity contribution in [3.05, 3.63) is 82.9 Å². The Morgan fingerprint density at radius 1 is 0.407 bits per heavy atom. The molecule has 2 amide bonds. The van der Waals surface area contributed by atoms with E-state index in [1.165, 1.54) is 74.2 Å². The summed E-state index contributed by atoms with van der Waals surface area (Å²) >= 11 is 0. The van der Waals surface area contributed by atoms with Crippen LogP contribution in [0.2, 0.25) is 0 Å². The number of rotatable bonds is 10. The third kappa shape index (κ3) is 8.42. The second-order valence-electron chi connectivity index (χ2n) is 15.8. The van der Waals surface area contributed by atoms with Gasteiger partial charge in [-0.3, -0.25) is 9.59 Å². The van der Waals surface area contributed by atoms with Crippen LogP contribution in [0.3, 0.4) is 0 Å². The molecule has 0 unspecified atom stereocenters. The van der Waals surface area contributed by atoms with Crippen molar-refractivity contribution in [1.82, 2.24) is 9.80 Å². The number of hydrogen-bond acceptors (Lipinski definition) is 4. The lowest BCUT2D eigenvalue weighted by atomic mass is 9.88. The summed E-state index contributed by atoms with van der Waals surface area (Å²) < 4.78 is 72.0. The summed E-state index contributed by atoms with van der Waals surface area (Å²) in [5, 5.41) is 0. The number of ether oxygens (including phenoxy) is 2. The Kier molecular flexibility index (Phi) is 12.4. The highest BCUT2D eigenvalue weighted by molar-refractivity contribution is 5.95. The van der Waals surface area contributed by atoms with Gasteiger partial charge in [0, 0.05) is 35.3 Å². The summed E-state index contributed by atoms with van der Waals surface area (Å²) in [7, 11) is 0. The number of hydrogen-bond donors (Lipinski definition) is 0. The molecule has 4 aliphatic rings. The van der Waals surface area contributed by atoms with E-state index in [0.29, 0.717) is 11.1 Å². The zero-order valence-electron chi connectivity index (χ0n) is 31.1. The van der Waals surface area contributed by atoms with Gasteiger partial charge in [0.1, 0.15) is 11.5 Å². The van der Waals surface area contributed by atoms with Crippen LogP contribution in [-0.4, -0.2) is 45.8 Å². The molecule has 290 valence electrons. The predicted molar refractivity (Wildman–Crippen MR) is 199 cm³/mol. The molecule has 0 spiro atoms. The summed E-state index contributed by atoms with van der Waals surface area (Å²) in [6, 6.07) is 12.3. The van der Waals surface area contributed by atoms with E-state index in [-0.39, 0.29) is 47.5 Å². The van der Waals surface area contributed by atoms with E-state index in [1.54, 1.807) is 0 Å².